The minimum atomic E-state index is -4.53. The van der Waals surface area contributed by atoms with E-state index in [4.69, 9.17) is 16.0 Å². The van der Waals surface area contributed by atoms with Gasteiger partial charge in [0.05, 0.1) is 22.1 Å². The molecule has 0 fully saturated rings. The van der Waals surface area contributed by atoms with Crippen molar-refractivity contribution < 1.29 is 22.4 Å². The molecule has 0 aliphatic rings. The molecular weight excluding hydrogens is 425 g/mol. The van der Waals surface area contributed by atoms with Crippen molar-refractivity contribution >= 4 is 39.6 Å². The number of carbonyl (C=O) groups excluding carboxylic acids is 1. The summed E-state index contributed by atoms with van der Waals surface area (Å²) in [6, 6.07) is 7.67. The number of benzene rings is 2. The van der Waals surface area contributed by atoms with E-state index in [-0.39, 0.29) is 16.9 Å². The predicted molar refractivity (Wildman–Crippen MR) is 103 cm³/mol. The molecule has 1 N–H and O–H groups in total. The number of nitrogens with zero attached hydrogens (tertiary/aromatic N) is 3. The van der Waals surface area contributed by atoms with Crippen molar-refractivity contribution in [1.29, 1.82) is 0 Å². The van der Waals surface area contributed by atoms with Gasteiger partial charge in [-0.25, -0.2) is 14.3 Å². The number of oxazole rings is 1. The summed E-state index contributed by atoms with van der Waals surface area (Å²) >= 11 is 6.04. The second-order valence-electron chi connectivity index (χ2n) is 6.68. The Morgan fingerprint density at radius 1 is 1.20 bits per heavy atom. The monoisotopic (exact) mass is 438 g/mol. The number of aryl methyl sites for hydroxylation is 1. The molecule has 0 aliphatic heterocycles. The lowest BCUT2D eigenvalue weighted by Crippen LogP contribution is -2.37. The van der Waals surface area contributed by atoms with Gasteiger partial charge in [-0.1, -0.05) is 11.6 Å². The summed E-state index contributed by atoms with van der Waals surface area (Å²) in [6.07, 6.45) is -5.67. The highest BCUT2D eigenvalue weighted by atomic mass is 35.5. The van der Waals surface area contributed by atoms with Gasteiger partial charge in [0.2, 0.25) is 5.91 Å². The van der Waals surface area contributed by atoms with E-state index in [9.17, 15) is 22.8 Å². The Kier molecular flexibility index (Phi) is 4.61. The highest BCUT2D eigenvalue weighted by molar-refractivity contribution is 6.31. The van der Waals surface area contributed by atoms with Crippen LogP contribution in [-0.2, 0) is 18.0 Å². The summed E-state index contributed by atoms with van der Waals surface area (Å²) in [5.74, 6) is -1.12. The van der Waals surface area contributed by atoms with Crippen LogP contribution in [0, 0.1) is 0 Å². The van der Waals surface area contributed by atoms with Crippen LogP contribution in [0.5, 0.6) is 0 Å². The van der Waals surface area contributed by atoms with E-state index in [1.165, 1.54) is 35.8 Å². The number of hydrogen-bond donors (Lipinski definition) is 1. The van der Waals surface area contributed by atoms with Crippen LogP contribution in [0.4, 0.5) is 13.2 Å². The molecule has 0 saturated carbocycles. The van der Waals surface area contributed by atoms with Gasteiger partial charge in [-0.15, -0.1) is 0 Å². The summed E-state index contributed by atoms with van der Waals surface area (Å²) in [6.45, 7) is 1.25. The predicted octanol–water partition coefficient (Wildman–Crippen LogP) is 3.84. The number of alkyl halides is 3. The molecule has 2 aromatic carbocycles. The van der Waals surface area contributed by atoms with Crippen LogP contribution in [0.15, 0.2) is 45.6 Å². The molecule has 0 aliphatic carbocycles. The number of imidazole rings is 1. The molecule has 1 unspecified atom stereocenters. The number of halogens is 4. The summed E-state index contributed by atoms with van der Waals surface area (Å²) in [5.41, 5.74) is 0.143. The fraction of sp³-hybridized carbons (Fsp3) is 0.211. The van der Waals surface area contributed by atoms with Gasteiger partial charge in [0.1, 0.15) is 0 Å². The summed E-state index contributed by atoms with van der Waals surface area (Å²) in [4.78, 5) is 28.7. The molecule has 0 saturated heterocycles. The van der Waals surface area contributed by atoms with Gasteiger partial charge in [0, 0.05) is 19.0 Å². The normalized spacial score (nSPS) is 13.1. The lowest BCUT2D eigenvalue weighted by atomic mass is 10.2. The molecule has 2 heterocycles. The first-order valence-corrected chi connectivity index (χ1v) is 9.05. The average molecular weight is 439 g/mol. The number of amides is 1. The SMILES string of the molecule is CC(=O)NC(c1nc2cc(C(F)(F)F)ccc2n1C)n1c(=O)oc2ccc(Cl)cc21. The molecule has 2 aromatic heterocycles. The molecule has 0 radical (unpaired) electrons. The maximum Gasteiger partial charge on any atom is 0.422 e. The molecular formula is C19H14ClF3N4O3. The minimum Gasteiger partial charge on any atom is -0.408 e. The number of rotatable bonds is 3. The Balaban J connectivity index is 1.97. The van der Waals surface area contributed by atoms with Gasteiger partial charge in [-0.05, 0) is 36.4 Å². The lowest BCUT2D eigenvalue weighted by Gasteiger charge is -2.18. The third kappa shape index (κ3) is 3.32. The molecule has 0 bridgehead atoms. The van der Waals surface area contributed by atoms with Crippen molar-refractivity contribution in [3.8, 4) is 0 Å². The van der Waals surface area contributed by atoms with Crippen LogP contribution in [0.2, 0.25) is 5.02 Å². The molecule has 4 aromatic rings. The third-order valence-electron chi connectivity index (χ3n) is 4.66. The fourth-order valence-corrected chi connectivity index (χ4v) is 3.49. The first kappa shape index (κ1) is 20.0. The highest BCUT2D eigenvalue weighted by Gasteiger charge is 2.32. The summed E-state index contributed by atoms with van der Waals surface area (Å²) in [7, 11) is 1.58. The smallest absolute Gasteiger partial charge is 0.408 e. The van der Waals surface area contributed by atoms with Gasteiger partial charge in [0.15, 0.2) is 17.6 Å². The Morgan fingerprint density at radius 3 is 2.60 bits per heavy atom. The topological polar surface area (TPSA) is 82.1 Å². The average Bonchev–Trinajstić information content (AvgIpc) is 3.15. The van der Waals surface area contributed by atoms with Crippen molar-refractivity contribution in [2.75, 3.05) is 0 Å². The highest BCUT2D eigenvalue weighted by Crippen LogP contribution is 2.32. The van der Waals surface area contributed by atoms with Crippen LogP contribution >= 0.6 is 11.6 Å². The number of carbonyl (C=O) groups is 1. The molecule has 1 atom stereocenters. The molecule has 11 heteroatoms. The van der Waals surface area contributed by atoms with E-state index >= 15 is 0 Å². The summed E-state index contributed by atoms with van der Waals surface area (Å²) in [5, 5.41) is 2.94. The van der Waals surface area contributed by atoms with Gasteiger partial charge in [-0.2, -0.15) is 13.2 Å². The molecule has 30 heavy (non-hydrogen) atoms. The second-order valence-corrected chi connectivity index (χ2v) is 7.12. The number of aromatic nitrogens is 3. The summed E-state index contributed by atoms with van der Waals surface area (Å²) < 4.78 is 47.1. The zero-order chi connectivity index (χ0) is 21.8. The molecule has 4 rings (SSSR count). The first-order chi connectivity index (χ1) is 14.1. The molecule has 0 spiro atoms. The van der Waals surface area contributed by atoms with Gasteiger partial charge in [0.25, 0.3) is 0 Å². The Hall–Kier alpha value is -3.27. The largest absolute Gasteiger partial charge is 0.422 e. The van der Waals surface area contributed by atoms with Crippen molar-refractivity contribution in [3.63, 3.8) is 0 Å². The van der Waals surface area contributed by atoms with Gasteiger partial charge < -0.3 is 14.3 Å². The Morgan fingerprint density at radius 2 is 1.93 bits per heavy atom. The van der Waals surface area contributed by atoms with E-state index < -0.39 is 29.6 Å². The second kappa shape index (κ2) is 6.91. The van der Waals surface area contributed by atoms with Crippen LogP contribution < -0.4 is 11.1 Å². The van der Waals surface area contributed by atoms with Gasteiger partial charge >= 0.3 is 11.9 Å². The minimum absolute atomic E-state index is 0.0663. The molecule has 7 nitrogen and oxygen atoms in total. The van der Waals surface area contributed by atoms with E-state index in [2.05, 4.69) is 10.3 Å². The third-order valence-corrected chi connectivity index (χ3v) is 4.90. The van der Waals surface area contributed by atoms with Crippen LogP contribution in [-0.4, -0.2) is 20.0 Å². The number of hydrogen-bond acceptors (Lipinski definition) is 4. The van der Waals surface area contributed by atoms with E-state index in [0.29, 0.717) is 16.1 Å². The zero-order valence-electron chi connectivity index (χ0n) is 15.6. The Bertz CT molecular complexity index is 1350. The lowest BCUT2D eigenvalue weighted by molar-refractivity contribution is -0.137. The molecule has 1 amide bonds. The van der Waals surface area contributed by atoms with E-state index in [1.54, 1.807) is 7.05 Å². The number of nitrogens with one attached hydrogen (secondary N) is 1. The van der Waals surface area contributed by atoms with Crippen molar-refractivity contribution in [2.24, 2.45) is 7.05 Å². The van der Waals surface area contributed by atoms with E-state index in [0.717, 1.165) is 16.7 Å². The maximum atomic E-state index is 13.1. The standard InChI is InChI=1S/C19H14ClF3N4O3/c1-9(28)24-17(27-14-8-11(20)4-6-15(14)30-18(27)29)16-25-12-7-10(19(21,22)23)3-5-13(12)26(16)2/h3-8,17H,1-2H3,(H,24,28). The van der Waals surface area contributed by atoms with E-state index in [1.807, 2.05) is 0 Å². The van der Waals surface area contributed by atoms with Crippen molar-refractivity contribution in [2.45, 2.75) is 19.3 Å². The van der Waals surface area contributed by atoms with Crippen LogP contribution in [0.3, 0.4) is 0 Å². The number of fused-ring (bicyclic) bond motifs is 2. The van der Waals surface area contributed by atoms with Crippen molar-refractivity contribution in [3.05, 3.63) is 63.4 Å². The van der Waals surface area contributed by atoms with Crippen LogP contribution in [0.25, 0.3) is 22.1 Å². The maximum absolute atomic E-state index is 13.1. The fourth-order valence-electron chi connectivity index (χ4n) is 3.33. The quantitative estimate of drug-likeness (QED) is 0.527. The zero-order valence-corrected chi connectivity index (χ0v) is 16.4. The first-order valence-electron chi connectivity index (χ1n) is 8.67. The Labute approximate surface area is 171 Å². The molecule has 156 valence electrons. The van der Waals surface area contributed by atoms with Crippen LogP contribution in [0.1, 0.15) is 24.5 Å². The van der Waals surface area contributed by atoms with Crippen molar-refractivity contribution in [1.82, 2.24) is 19.4 Å². The van der Waals surface area contributed by atoms with Gasteiger partial charge in [-0.3, -0.25) is 4.79 Å².